The van der Waals surface area contributed by atoms with Crippen molar-refractivity contribution in [2.75, 3.05) is 6.61 Å². The first-order valence-electron chi connectivity index (χ1n) is 14.9. The average molecular weight is 612 g/mol. The Hall–Kier alpha value is -3.92. The molecule has 44 heavy (non-hydrogen) atoms. The van der Waals surface area contributed by atoms with E-state index in [9.17, 15) is 24.3 Å². The average Bonchev–Trinajstić information content (AvgIpc) is 2.89. The summed E-state index contributed by atoms with van der Waals surface area (Å²) in [4.78, 5) is 55.7. The van der Waals surface area contributed by atoms with Crippen LogP contribution in [-0.2, 0) is 30.3 Å². The van der Waals surface area contributed by atoms with Crippen LogP contribution >= 0.6 is 0 Å². The van der Waals surface area contributed by atoms with Crippen molar-refractivity contribution in [3.05, 3.63) is 70.8 Å². The van der Waals surface area contributed by atoms with Crippen molar-refractivity contribution >= 4 is 23.9 Å². The Balaban J connectivity index is 2.60. The number of aryl methyl sites for hydroxylation is 1. The van der Waals surface area contributed by atoms with Crippen LogP contribution in [0.1, 0.15) is 83.7 Å². The Morgan fingerprint density at radius 2 is 1.41 bits per heavy atom. The number of amides is 3. The number of nitrogens with one attached hydrogen (secondary N) is 2. The maximum atomic E-state index is 14.4. The number of rotatable bonds is 11. The molecule has 0 aliphatic carbocycles. The van der Waals surface area contributed by atoms with Gasteiger partial charge in [0.25, 0.3) is 0 Å². The summed E-state index contributed by atoms with van der Waals surface area (Å²) in [5.41, 5.74) is 1.40. The van der Waals surface area contributed by atoms with Gasteiger partial charge >= 0.3 is 12.1 Å². The summed E-state index contributed by atoms with van der Waals surface area (Å²) in [6.45, 7) is 16.8. The molecule has 242 valence electrons. The highest BCUT2D eigenvalue weighted by Crippen LogP contribution is 2.29. The molecule has 10 nitrogen and oxygen atoms in total. The van der Waals surface area contributed by atoms with Gasteiger partial charge in [0.2, 0.25) is 11.8 Å². The number of carbonyl (C=O) groups is 4. The molecule has 3 N–H and O–H groups in total. The van der Waals surface area contributed by atoms with Crippen LogP contribution in [0.2, 0.25) is 0 Å². The summed E-state index contributed by atoms with van der Waals surface area (Å²) in [7, 11) is 0. The number of alkyl carbamates (subject to hydrolysis) is 1. The third-order valence-corrected chi connectivity index (χ3v) is 6.74. The lowest BCUT2D eigenvalue weighted by molar-refractivity contribution is -0.159. The molecule has 2 rings (SSSR count). The maximum absolute atomic E-state index is 14.4. The monoisotopic (exact) mass is 611 g/mol. The normalized spacial score (nSPS) is 13.8. The van der Waals surface area contributed by atoms with Gasteiger partial charge in [-0.3, -0.25) is 9.59 Å². The molecular weight excluding hydrogens is 562 g/mol. The van der Waals surface area contributed by atoms with Gasteiger partial charge in [-0.25, -0.2) is 9.59 Å². The lowest BCUT2D eigenvalue weighted by Gasteiger charge is -2.38. The second kappa shape index (κ2) is 15.2. The molecule has 0 aliphatic heterocycles. The molecule has 0 aromatic heterocycles. The number of carbonyl (C=O) groups excluding carboxylic acids is 4. The second-order valence-corrected chi connectivity index (χ2v) is 13.2. The fourth-order valence-corrected chi connectivity index (χ4v) is 4.65. The molecule has 0 saturated carbocycles. The van der Waals surface area contributed by atoms with E-state index >= 15 is 0 Å². The number of esters is 1. The zero-order valence-electron chi connectivity index (χ0n) is 27.7. The quantitative estimate of drug-likeness (QED) is 0.318. The maximum Gasteiger partial charge on any atom is 0.408 e. The van der Waals surface area contributed by atoms with Gasteiger partial charge in [-0.05, 0) is 91.5 Å². The number of benzene rings is 2. The van der Waals surface area contributed by atoms with E-state index < -0.39 is 65.9 Å². The first-order chi connectivity index (χ1) is 20.3. The summed E-state index contributed by atoms with van der Waals surface area (Å²) >= 11 is 0. The summed E-state index contributed by atoms with van der Waals surface area (Å²) in [5.74, 6) is -1.91. The van der Waals surface area contributed by atoms with Crippen molar-refractivity contribution in [3.8, 4) is 0 Å². The first-order valence-corrected chi connectivity index (χ1v) is 14.9. The van der Waals surface area contributed by atoms with Crippen LogP contribution in [-0.4, -0.2) is 69.8 Å². The second-order valence-electron chi connectivity index (χ2n) is 13.2. The Labute approximate surface area is 261 Å². The highest BCUT2D eigenvalue weighted by molar-refractivity contribution is 5.94. The minimum atomic E-state index is -1.39. The zero-order chi connectivity index (χ0) is 33.4. The molecule has 2 aromatic carbocycles. The zero-order valence-corrected chi connectivity index (χ0v) is 27.7. The molecule has 0 fully saturated rings. The molecular formula is C34H49N3O7. The van der Waals surface area contributed by atoms with Crippen LogP contribution in [0, 0.1) is 13.8 Å². The highest BCUT2D eigenvalue weighted by Gasteiger charge is 2.40. The highest BCUT2D eigenvalue weighted by atomic mass is 16.6. The third kappa shape index (κ3) is 10.7. The van der Waals surface area contributed by atoms with Gasteiger partial charge < -0.3 is 30.1 Å². The number of nitrogens with zero attached hydrogens (tertiary/aromatic N) is 1. The van der Waals surface area contributed by atoms with Gasteiger partial charge in [0.05, 0.1) is 6.61 Å². The summed E-state index contributed by atoms with van der Waals surface area (Å²) in [6, 6.07) is 10.5. The molecule has 3 amide bonds. The van der Waals surface area contributed by atoms with Crippen molar-refractivity contribution in [2.24, 2.45) is 0 Å². The van der Waals surface area contributed by atoms with E-state index in [2.05, 4.69) is 10.6 Å². The van der Waals surface area contributed by atoms with Crippen LogP contribution in [0.25, 0.3) is 0 Å². The van der Waals surface area contributed by atoms with Crippen LogP contribution < -0.4 is 10.6 Å². The predicted octanol–water partition coefficient (Wildman–Crippen LogP) is 4.54. The van der Waals surface area contributed by atoms with E-state index in [1.807, 2.05) is 50.2 Å². The van der Waals surface area contributed by atoms with Gasteiger partial charge in [-0.2, -0.15) is 0 Å². The number of aliphatic hydroxyl groups excluding tert-OH is 1. The Morgan fingerprint density at radius 1 is 0.818 bits per heavy atom. The molecule has 0 radical (unpaired) electrons. The lowest BCUT2D eigenvalue weighted by atomic mass is 9.93. The SMILES string of the molecule is Cc1cccc(C(C(=O)NC(Cc2ccccc2)C(=O)OC(C)(C)C)N(C(=O)C(CO)NC(=O)OC(C)(C)C)C(C)C)c1C. The number of ether oxygens (including phenoxy) is 2. The number of hydrogen-bond donors (Lipinski definition) is 3. The van der Waals surface area contributed by atoms with Gasteiger partial charge in [-0.1, -0.05) is 48.5 Å². The first kappa shape index (κ1) is 36.3. The van der Waals surface area contributed by atoms with Crippen molar-refractivity contribution in [1.82, 2.24) is 15.5 Å². The molecule has 0 saturated heterocycles. The summed E-state index contributed by atoms with van der Waals surface area (Å²) < 4.78 is 11.0. The van der Waals surface area contributed by atoms with Crippen molar-refractivity contribution in [3.63, 3.8) is 0 Å². The Morgan fingerprint density at radius 3 is 1.93 bits per heavy atom. The fourth-order valence-electron chi connectivity index (χ4n) is 4.65. The number of aliphatic hydroxyl groups is 1. The third-order valence-electron chi connectivity index (χ3n) is 6.74. The number of hydrogen-bond acceptors (Lipinski definition) is 7. The van der Waals surface area contributed by atoms with E-state index in [1.165, 1.54) is 4.90 Å². The van der Waals surface area contributed by atoms with E-state index in [-0.39, 0.29) is 6.42 Å². The topological polar surface area (TPSA) is 134 Å². The standard InChI is InChI=1S/C34H49N3O7/c1-21(2)37(30(40)27(20-38)36-32(42)44-34(8,9)10)28(25-18-14-15-22(3)23(25)4)29(39)35-26(31(41)43-33(5,6)7)19-24-16-12-11-13-17-24/h11-18,21,26-28,38H,19-20H2,1-10H3,(H,35,39)(H,36,42). The fraction of sp³-hybridized carbons (Fsp3) is 0.529. The van der Waals surface area contributed by atoms with E-state index in [4.69, 9.17) is 9.47 Å². The van der Waals surface area contributed by atoms with Crippen LogP contribution in [0.15, 0.2) is 48.5 Å². The van der Waals surface area contributed by atoms with E-state index in [0.717, 1.165) is 16.7 Å². The Kier molecular flexibility index (Phi) is 12.5. The summed E-state index contributed by atoms with van der Waals surface area (Å²) in [5, 5.41) is 15.5. The molecule has 0 aliphatic rings. The largest absolute Gasteiger partial charge is 0.458 e. The molecule has 3 unspecified atom stereocenters. The minimum Gasteiger partial charge on any atom is -0.458 e. The van der Waals surface area contributed by atoms with Gasteiger partial charge in [-0.15, -0.1) is 0 Å². The molecule has 3 atom stereocenters. The van der Waals surface area contributed by atoms with Crippen molar-refractivity contribution in [2.45, 2.75) is 111 Å². The van der Waals surface area contributed by atoms with Gasteiger partial charge in [0.15, 0.2) is 0 Å². The Bertz CT molecular complexity index is 1300. The molecule has 10 heteroatoms. The molecule has 2 aromatic rings. The van der Waals surface area contributed by atoms with Gasteiger partial charge in [0.1, 0.15) is 29.3 Å². The van der Waals surface area contributed by atoms with Crippen LogP contribution in [0.3, 0.4) is 0 Å². The van der Waals surface area contributed by atoms with E-state index in [1.54, 1.807) is 67.5 Å². The predicted molar refractivity (Wildman–Crippen MR) is 169 cm³/mol. The molecule has 0 heterocycles. The minimum absolute atomic E-state index is 0.163. The molecule has 0 spiro atoms. The molecule has 0 bridgehead atoms. The summed E-state index contributed by atoms with van der Waals surface area (Å²) in [6.07, 6.45) is -0.718. The lowest BCUT2D eigenvalue weighted by Crippen LogP contribution is -2.57. The van der Waals surface area contributed by atoms with Crippen molar-refractivity contribution in [1.29, 1.82) is 0 Å². The smallest absolute Gasteiger partial charge is 0.408 e. The van der Waals surface area contributed by atoms with Crippen LogP contribution in [0.5, 0.6) is 0 Å². The van der Waals surface area contributed by atoms with E-state index in [0.29, 0.717) is 5.56 Å². The van der Waals surface area contributed by atoms with Gasteiger partial charge in [0, 0.05) is 12.5 Å². The van der Waals surface area contributed by atoms with Crippen LogP contribution in [0.4, 0.5) is 4.79 Å². The van der Waals surface area contributed by atoms with Crippen molar-refractivity contribution < 1.29 is 33.8 Å².